The third kappa shape index (κ3) is 3.98. The maximum atomic E-state index is 12.3. The highest BCUT2D eigenvalue weighted by Crippen LogP contribution is 2.30. The van der Waals surface area contributed by atoms with Gasteiger partial charge in [0.05, 0.1) is 13.2 Å². The van der Waals surface area contributed by atoms with Crippen molar-refractivity contribution in [2.45, 2.75) is 43.7 Å². The van der Waals surface area contributed by atoms with E-state index in [2.05, 4.69) is 15.5 Å². The number of nitrogens with one attached hydrogen (secondary N) is 2. The molecule has 3 saturated heterocycles. The van der Waals surface area contributed by atoms with Crippen LogP contribution in [0.4, 0.5) is 0 Å². The Morgan fingerprint density at radius 2 is 1.95 bits per heavy atom. The van der Waals surface area contributed by atoms with E-state index in [4.69, 9.17) is 9.47 Å². The number of amides is 1. The SMILES string of the molecule is O=C(CC1COCCN1)NCC1(N2CCCC2)CCOCC1. The summed E-state index contributed by atoms with van der Waals surface area (Å²) < 4.78 is 11.0. The van der Waals surface area contributed by atoms with Crippen molar-refractivity contribution in [3.05, 3.63) is 0 Å². The van der Waals surface area contributed by atoms with Crippen LogP contribution in [0.1, 0.15) is 32.1 Å². The summed E-state index contributed by atoms with van der Waals surface area (Å²) in [5.41, 5.74) is 0.112. The molecule has 0 aromatic heterocycles. The minimum Gasteiger partial charge on any atom is -0.381 e. The molecule has 1 amide bonds. The molecule has 2 N–H and O–H groups in total. The number of carbonyl (C=O) groups excluding carboxylic acids is 1. The Morgan fingerprint density at radius 3 is 2.64 bits per heavy atom. The molecule has 3 aliphatic rings. The van der Waals surface area contributed by atoms with Gasteiger partial charge in [0.1, 0.15) is 0 Å². The Labute approximate surface area is 132 Å². The zero-order valence-electron chi connectivity index (χ0n) is 13.4. The lowest BCUT2D eigenvalue weighted by Gasteiger charge is -2.44. The van der Waals surface area contributed by atoms with E-state index in [9.17, 15) is 4.79 Å². The summed E-state index contributed by atoms with van der Waals surface area (Å²) in [6.45, 7) is 6.92. The van der Waals surface area contributed by atoms with Crippen LogP contribution < -0.4 is 10.6 Å². The lowest BCUT2D eigenvalue weighted by Crippen LogP contribution is -2.58. The van der Waals surface area contributed by atoms with E-state index < -0.39 is 0 Å². The molecular formula is C16H29N3O3. The molecule has 3 fully saturated rings. The number of hydrogen-bond donors (Lipinski definition) is 2. The molecule has 6 nitrogen and oxygen atoms in total. The predicted molar refractivity (Wildman–Crippen MR) is 83.8 cm³/mol. The van der Waals surface area contributed by atoms with Crippen LogP contribution in [0.3, 0.4) is 0 Å². The smallest absolute Gasteiger partial charge is 0.221 e. The predicted octanol–water partition coefficient (Wildman–Crippen LogP) is 0.126. The van der Waals surface area contributed by atoms with Crippen molar-refractivity contribution in [2.24, 2.45) is 0 Å². The number of morpholine rings is 1. The van der Waals surface area contributed by atoms with Gasteiger partial charge < -0.3 is 20.1 Å². The molecule has 0 aliphatic carbocycles. The molecule has 3 aliphatic heterocycles. The zero-order chi connectivity index (χ0) is 15.3. The third-order valence-corrected chi connectivity index (χ3v) is 5.25. The number of likely N-dealkylation sites (tertiary alicyclic amines) is 1. The fourth-order valence-corrected chi connectivity index (χ4v) is 3.86. The number of rotatable bonds is 5. The Kier molecular flexibility index (Phi) is 5.68. The van der Waals surface area contributed by atoms with Gasteiger partial charge in [-0.2, -0.15) is 0 Å². The lowest BCUT2D eigenvalue weighted by atomic mass is 9.88. The van der Waals surface area contributed by atoms with Crippen LogP contribution in [0.25, 0.3) is 0 Å². The topological polar surface area (TPSA) is 62.8 Å². The van der Waals surface area contributed by atoms with Crippen molar-refractivity contribution in [3.8, 4) is 0 Å². The summed E-state index contributed by atoms with van der Waals surface area (Å²) in [7, 11) is 0. The molecule has 0 spiro atoms. The average molecular weight is 311 g/mol. The monoisotopic (exact) mass is 311 g/mol. The van der Waals surface area contributed by atoms with Gasteiger partial charge >= 0.3 is 0 Å². The molecule has 0 radical (unpaired) electrons. The van der Waals surface area contributed by atoms with E-state index in [0.29, 0.717) is 13.0 Å². The molecule has 0 saturated carbocycles. The molecule has 1 atom stereocenters. The Bertz CT molecular complexity index is 360. The summed E-state index contributed by atoms with van der Waals surface area (Å²) in [6.07, 6.45) is 5.11. The largest absolute Gasteiger partial charge is 0.381 e. The molecule has 22 heavy (non-hydrogen) atoms. The maximum Gasteiger partial charge on any atom is 0.221 e. The van der Waals surface area contributed by atoms with Gasteiger partial charge in [-0.1, -0.05) is 0 Å². The Balaban J connectivity index is 1.50. The van der Waals surface area contributed by atoms with Crippen molar-refractivity contribution < 1.29 is 14.3 Å². The Hall–Kier alpha value is -0.690. The second kappa shape index (κ2) is 7.73. The highest BCUT2D eigenvalue weighted by atomic mass is 16.5. The van der Waals surface area contributed by atoms with Crippen LogP contribution in [0.5, 0.6) is 0 Å². The summed E-state index contributed by atoms with van der Waals surface area (Å²) in [5, 5.41) is 6.52. The van der Waals surface area contributed by atoms with Crippen LogP contribution in [0.15, 0.2) is 0 Å². The third-order valence-electron chi connectivity index (χ3n) is 5.25. The first-order valence-electron chi connectivity index (χ1n) is 8.69. The fraction of sp³-hybridized carbons (Fsp3) is 0.938. The summed E-state index contributed by atoms with van der Waals surface area (Å²) in [4.78, 5) is 14.8. The van der Waals surface area contributed by atoms with Gasteiger partial charge in [-0.15, -0.1) is 0 Å². The maximum absolute atomic E-state index is 12.3. The standard InChI is InChI=1S/C16H29N3O3/c20-15(11-14-12-22-10-5-17-14)18-13-16(3-8-21-9-4-16)19-6-1-2-7-19/h14,17H,1-13H2,(H,18,20). The van der Waals surface area contributed by atoms with Crippen molar-refractivity contribution in [1.29, 1.82) is 0 Å². The first-order valence-corrected chi connectivity index (χ1v) is 8.69. The average Bonchev–Trinajstić information content (AvgIpc) is 3.10. The quantitative estimate of drug-likeness (QED) is 0.755. The van der Waals surface area contributed by atoms with Crippen molar-refractivity contribution in [2.75, 3.05) is 52.6 Å². The first-order chi connectivity index (χ1) is 10.8. The van der Waals surface area contributed by atoms with Crippen LogP contribution in [0.2, 0.25) is 0 Å². The van der Waals surface area contributed by atoms with Crippen LogP contribution in [-0.2, 0) is 14.3 Å². The Morgan fingerprint density at radius 1 is 1.18 bits per heavy atom. The van der Waals surface area contributed by atoms with Gasteiger partial charge in [0, 0.05) is 44.3 Å². The van der Waals surface area contributed by atoms with Gasteiger partial charge in [-0.05, 0) is 38.8 Å². The molecular weight excluding hydrogens is 282 g/mol. The normalized spacial score (nSPS) is 29.4. The number of ether oxygens (including phenoxy) is 2. The molecule has 3 heterocycles. The van der Waals surface area contributed by atoms with E-state index in [-0.39, 0.29) is 17.5 Å². The minimum atomic E-state index is 0.112. The fourth-order valence-electron chi connectivity index (χ4n) is 3.86. The molecule has 126 valence electrons. The number of nitrogens with zero attached hydrogens (tertiary/aromatic N) is 1. The van der Waals surface area contributed by atoms with E-state index in [1.165, 1.54) is 12.8 Å². The van der Waals surface area contributed by atoms with Crippen LogP contribution >= 0.6 is 0 Å². The molecule has 0 aromatic rings. The van der Waals surface area contributed by atoms with Crippen molar-refractivity contribution in [3.63, 3.8) is 0 Å². The molecule has 6 heteroatoms. The van der Waals surface area contributed by atoms with E-state index in [0.717, 1.165) is 58.8 Å². The van der Waals surface area contributed by atoms with Gasteiger partial charge in [0.15, 0.2) is 0 Å². The van der Waals surface area contributed by atoms with Gasteiger partial charge in [-0.25, -0.2) is 0 Å². The molecule has 0 aromatic carbocycles. The number of carbonyl (C=O) groups is 1. The van der Waals surface area contributed by atoms with Crippen molar-refractivity contribution in [1.82, 2.24) is 15.5 Å². The highest BCUT2D eigenvalue weighted by Gasteiger charge is 2.39. The molecule has 0 bridgehead atoms. The van der Waals surface area contributed by atoms with Crippen molar-refractivity contribution >= 4 is 5.91 Å². The zero-order valence-corrected chi connectivity index (χ0v) is 13.4. The van der Waals surface area contributed by atoms with Crippen LogP contribution in [0, 0.1) is 0 Å². The van der Waals surface area contributed by atoms with Gasteiger partial charge in [0.25, 0.3) is 0 Å². The van der Waals surface area contributed by atoms with Gasteiger partial charge in [-0.3, -0.25) is 9.69 Å². The summed E-state index contributed by atoms with van der Waals surface area (Å²) in [5.74, 6) is 0.132. The van der Waals surface area contributed by atoms with Gasteiger partial charge in [0.2, 0.25) is 5.91 Å². The number of hydrogen-bond acceptors (Lipinski definition) is 5. The molecule has 3 rings (SSSR count). The second-order valence-corrected chi connectivity index (χ2v) is 6.74. The minimum absolute atomic E-state index is 0.112. The second-order valence-electron chi connectivity index (χ2n) is 6.74. The summed E-state index contributed by atoms with van der Waals surface area (Å²) in [6, 6.07) is 0.158. The first kappa shape index (κ1) is 16.2. The lowest BCUT2D eigenvalue weighted by molar-refractivity contribution is -0.123. The highest BCUT2D eigenvalue weighted by molar-refractivity contribution is 5.76. The van der Waals surface area contributed by atoms with E-state index in [1.54, 1.807) is 0 Å². The molecule has 1 unspecified atom stereocenters. The van der Waals surface area contributed by atoms with E-state index >= 15 is 0 Å². The summed E-state index contributed by atoms with van der Waals surface area (Å²) >= 11 is 0. The van der Waals surface area contributed by atoms with E-state index in [1.807, 2.05) is 0 Å². The van der Waals surface area contributed by atoms with Crippen LogP contribution in [-0.4, -0.2) is 75.0 Å².